The number of carboxylic acid groups (broad SMARTS) is 1. The van der Waals surface area contributed by atoms with E-state index in [-0.39, 0.29) is 26.1 Å². The van der Waals surface area contributed by atoms with Gasteiger partial charge in [-0.25, -0.2) is 0 Å². The fraction of sp³-hybridized carbons (Fsp3) is 0.722. The van der Waals surface area contributed by atoms with Crippen LogP contribution < -0.4 is 0 Å². The van der Waals surface area contributed by atoms with E-state index in [0.29, 0.717) is 0 Å². The summed E-state index contributed by atoms with van der Waals surface area (Å²) in [6.45, 7) is 4.04. The summed E-state index contributed by atoms with van der Waals surface area (Å²) in [5.74, 6) is -3.91. The van der Waals surface area contributed by atoms with Crippen molar-refractivity contribution in [2.24, 2.45) is 0 Å². The summed E-state index contributed by atoms with van der Waals surface area (Å²) in [4.78, 5) is 56.7. The molecule has 0 amide bonds. The highest BCUT2D eigenvalue weighted by Crippen LogP contribution is 2.30. The average molecular weight is 434 g/mol. The lowest BCUT2D eigenvalue weighted by Crippen LogP contribution is -2.63. The Morgan fingerprint density at radius 1 is 0.800 bits per heavy atom. The molecule has 1 unspecified atom stereocenters. The van der Waals surface area contributed by atoms with E-state index in [1.807, 2.05) is 0 Å². The fourth-order valence-corrected chi connectivity index (χ4v) is 2.75. The minimum atomic E-state index is -1.32. The first-order chi connectivity index (χ1) is 14.0. The first-order valence-corrected chi connectivity index (χ1v) is 9.15. The Kier molecular flexibility index (Phi) is 10.2. The molecule has 1 aliphatic rings. The Labute approximate surface area is 172 Å². The molecule has 0 spiro atoms. The maximum atomic E-state index is 11.7. The van der Waals surface area contributed by atoms with Crippen LogP contribution in [-0.2, 0) is 52.4 Å². The Hall–Kier alpha value is -2.73. The number of hydrogen-bond donors (Lipinski definition) is 1. The van der Waals surface area contributed by atoms with Crippen molar-refractivity contribution in [1.29, 1.82) is 0 Å². The third kappa shape index (κ3) is 8.74. The summed E-state index contributed by atoms with van der Waals surface area (Å²) in [5, 5.41) is 8.73. The highest BCUT2D eigenvalue weighted by molar-refractivity contribution is 5.68. The molecule has 1 rings (SSSR count). The van der Waals surface area contributed by atoms with Gasteiger partial charge in [-0.3, -0.25) is 24.0 Å². The number of aliphatic carboxylic acids is 1. The molecule has 0 aromatic carbocycles. The molecule has 0 bridgehead atoms. The molecule has 12 nitrogen and oxygen atoms in total. The van der Waals surface area contributed by atoms with Crippen LogP contribution in [0.1, 0.15) is 40.5 Å². The van der Waals surface area contributed by atoms with Gasteiger partial charge in [-0.1, -0.05) is 0 Å². The molecule has 1 aliphatic heterocycles. The number of carboxylic acids is 1. The molecule has 30 heavy (non-hydrogen) atoms. The smallest absolute Gasteiger partial charge is 0.303 e. The SMILES string of the molecule is CC(=O)OC[C@H]1OC(OCCCC(=O)O)[C@H](OC(C)=O)[C@@H](OC(C)=O)[C@H]1OC(C)=O. The second-order valence-corrected chi connectivity index (χ2v) is 6.44. The van der Waals surface area contributed by atoms with Crippen LogP contribution in [0.5, 0.6) is 0 Å². The molecule has 1 fully saturated rings. The van der Waals surface area contributed by atoms with Crippen LogP contribution in [0.15, 0.2) is 0 Å². The van der Waals surface area contributed by atoms with Crippen molar-refractivity contribution in [3.63, 3.8) is 0 Å². The second kappa shape index (κ2) is 12.1. The fourth-order valence-electron chi connectivity index (χ4n) is 2.75. The van der Waals surface area contributed by atoms with Gasteiger partial charge >= 0.3 is 29.8 Å². The maximum Gasteiger partial charge on any atom is 0.303 e. The van der Waals surface area contributed by atoms with Gasteiger partial charge in [-0.15, -0.1) is 0 Å². The summed E-state index contributed by atoms with van der Waals surface area (Å²) in [6, 6.07) is 0. The monoisotopic (exact) mass is 434 g/mol. The minimum Gasteiger partial charge on any atom is -0.481 e. The molecule has 0 aromatic heterocycles. The van der Waals surface area contributed by atoms with Crippen LogP contribution in [0, 0.1) is 0 Å². The summed E-state index contributed by atoms with van der Waals surface area (Å²) < 4.78 is 31.8. The zero-order chi connectivity index (χ0) is 22.8. The van der Waals surface area contributed by atoms with Crippen molar-refractivity contribution in [3.05, 3.63) is 0 Å². The van der Waals surface area contributed by atoms with Crippen LogP contribution in [-0.4, -0.2) is 78.9 Å². The number of ether oxygens (including phenoxy) is 6. The minimum absolute atomic E-state index is 0.0833. The number of esters is 4. The molecule has 0 saturated carbocycles. The average Bonchev–Trinajstić information content (AvgIpc) is 2.60. The molecule has 1 saturated heterocycles. The van der Waals surface area contributed by atoms with E-state index in [2.05, 4.69) is 0 Å². The van der Waals surface area contributed by atoms with Crippen molar-refractivity contribution < 1.29 is 57.5 Å². The van der Waals surface area contributed by atoms with Crippen molar-refractivity contribution in [2.75, 3.05) is 13.2 Å². The third-order valence-corrected chi connectivity index (χ3v) is 3.77. The summed E-state index contributed by atoms with van der Waals surface area (Å²) >= 11 is 0. The molecule has 1 heterocycles. The Morgan fingerprint density at radius 2 is 1.33 bits per heavy atom. The van der Waals surface area contributed by atoms with E-state index < -0.39 is 60.6 Å². The normalized spacial score (nSPS) is 25.7. The predicted octanol–water partition coefficient (Wildman–Crippen LogP) is -0.0491. The van der Waals surface area contributed by atoms with Crippen LogP contribution in [0.3, 0.4) is 0 Å². The molecule has 1 N–H and O–H groups in total. The van der Waals surface area contributed by atoms with Gasteiger partial charge in [0.25, 0.3) is 0 Å². The molecular weight excluding hydrogens is 408 g/mol. The van der Waals surface area contributed by atoms with Crippen molar-refractivity contribution in [3.8, 4) is 0 Å². The van der Waals surface area contributed by atoms with Crippen LogP contribution >= 0.6 is 0 Å². The Morgan fingerprint density at radius 3 is 1.83 bits per heavy atom. The lowest BCUT2D eigenvalue weighted by atomic mass is 9.98. The standard InChI is InChI=1S/C18H26O12/c1-9(19)26-8-13-15(27-10(2)20)16(28-11(3)21)17(29-12(4)22)18(30-13)25-7-5-6-14(23)24/h13,15-18H,5-8H2,1-4H3,(H,23,24)/t13-,15+,16+,17-,18?/m1/s1. The quantitative estimate of drug-likeness (QED) is 0.278. The maximum absolute atomic E-state index is 11.7. The van der Waals surface area contributed by atoms with Gasteiger partial charge in [0.05, 0.1) is 6.61 Å². The van der Waals surface area contributed by atoms with Crippen LogP contribution in [0.4, 0.5) is 0 Å². The molecule has 170 valence electrons. The van der Waals surface area contributed by atoms with Gasteiger partial charge in [0.15, 0.2) is 24.6 Å². The van der Waals surface area contributed by atoms with Gasteiger partial charge in [-0.05, 0) is 6.42 Å². The van der Waals surface area contributed by atoms with Crippen LogP contribution in [0.25, 0.3) is 0 Å². The summed E-state index contributed by atoms with van der Waals surface area (Å²) in [6.07, 6.45) is -6.39. The zero-order valence-electron chi connectivity index (χ0n) is 17.2. The molecule has 0 radical (unpaired) electrons. The number of hydrogen-bond acceptors (Lipinski definition) is 11. The van der Waals surface area contributed by atoms with Gasteiger partial charge in [0, 0.05) is 34.1 Å². The molecular formula is C18H26O12. The first-order valence-electron chi connectivity index (χ1n) is 9.15. The lowest BCUT2D eigenvalue weighted by Gasteiger charge is -2.44. The largest absolute Gasteiger partial charge is 0.481 e. The molecule has 0 aliphatic carbocycles. The Bertz CT molecular complexity index is 645. The molecule has 12 heteroatoms. The van der Waals surface area contributed by atoms with E-state index >= 15 is 0 Å². The van der Waals surface area contributed by atoms with E-state index in [9.17, 15) is 24.0 Å². The first kappa shape index (κ1) is 25.3. The van der Waals surface area contributed by atoms with Gasteiger partial charge in [-0.2, -0.15) is 0 Å². The van der Waals surface area contributed by atoms with Gasteiger partial charge in [0.2, 0.25) is 0 Å². The van der Waals surface area contributed by atoms with E-state index in [1.54, 1.807) is 0 Å². The molecule has 5 atom stereocenters. The molecule has 0 aromatic rings. The third-order valence-electron chi connectivity index (χ3n) is 3.77. The van der Waals surface area contributed by atoms with E-state index in [4.69, 9.17) is 33.5 Å². The van der Waals surface area contributed by atoms with Crippen molar-refractivity contribution in [2.45, 2.75) is 71.2 Å². The van der Waals surface area contributed by atoms with E-state index in [0.717, 1.165) is 27.7 Å². The summed E-state index contributed by atoms with van der Waals surface area (Å²) in [5.41, 5.74) is 0. The topological polar surface area (TPSA) is 161 Å². The zero-order valence-corrected chi connectivity index (χ0v) is 17.2. The highest BCUT2D eigenvalue weighted by atomic mass is 16.7. The summed E-state index contributed by atoms with van der Waals surface area (Å²) in [7, 11) is 0. The lowest BCUT2D eigenvalue weighted by molar-refractivity contribution is -0.308. The predicted molar refractivity (Wildman–Crippen MR) is 94.8 cm³/mol. The highest BCUT2D eigenvalue weighted by Gasteiger charge is 2.52. The van der Waals surface area contributed by atoms with E-state index in [1.165, 1.54) is 0 Å². The van der Waals surface area contributed by atoms with Crippen molar-refractivity contribution in [1.82, 2.24) is 0 Å². The number of rotatable bonds is 10. The number of carbonyl (C=O) groups excluding carboxylic acids is 4. The van der Waals surface area contributed by atoms with Gasteiger partial charge < -0.3 is 33.5 Å². The Balaban J connectivity index is 3.17. The van der Waals surface area contributed by atoms with Crippen LogP contribution in [0.2, 0.25) is 0 Å². The van der Waals surface area contributed by atoms with Gasteiger partial charge in [0.1, 0.15) is 12.7 Å². The second-order valence-electron chi connectivity index (χ2n) is 6.44. The number of carbonyl (C=O) groups is 5. The van der Waals surface area contributed by atoms with Crippen molar-refractivity contribution >= 4 is 29.8 Å².